The molecule has 4 heteroatoms. The van der Waals surface area contributed by atoms with Crippen LogP contribution in [0.3, 0.4) is 0 Å². The summed E-state index contributed by atoms with van der Waals surface area (Å²) in [5.74, 6) is 0.311. The van der Waals surface area contributed by atoms with Crippen LogP contribution < -0.4 is 5.32 Å². The average molecular weight is 403 g/mol. The molecule has 1 unspecified atom stereocenters. The molecule has 0 saturated carbocycles. The number of Topliss-reactive ketones (excluding diaryl/α,β-unsaturated/α-hetero) is 1. The molecule has 4 aromatic rings. The normalized spacial score (nSPS) is 13.3. The van der Waals surface area contributed by atoms with Gasteiger partial charge in [0, 0.05) is 34.2 Å². The van der Waals surface area contributed by atoms with Gasteiger partial charge in [-0.25, -0.2) is 0 Å². The summed E-state index contributed by atoms with van der Waals surface area (Å²) in [4.78, 5) is 16.7. The maximum absolute atomic E-state index is 13.5. The van der Waals surface area contributed by atoms with Crippen LogP contribution in [0.2, 0.25) is 5.02 Å². The lowest BCUT2D eigenvalue weighted by Crippen LogP contribution is -2.31. The first-order valence-electron chi connectivity index (χ1n) is 9.77. The predicted molar refractivity (Wildman–Crippen MR) is 120 cm³/mol. The lowest BCUT2D eigenvalue weighted by molar-refractivity contribution is 0.0944. The molecule has 0 spiro atoms. The number of ketones is 1. The van der Waals surface area contributed by atoms with E-state index in [4.69, 9.17) is 11.6 Å². The highest BCUT2D eigenvalue weighted by atomic mass is 35.5. The molecule has 2 N–H and O–H groups in total. The highest BCUT2D eigenvalue weighted by Gasteiger charge is 2.24. The molecule has 1 heterocycles. The quantitative estimate of drug-likeness (QED) is 0.365. The Hall–Kier alpha value is -2.88. The Morgan fingerprint density at radius 1 is 0.931 bits per heavy atom. The van der Waals surface area contributed by atoms with Gasteiger partial charge >= 0.3 is 0 Å². The highest BCUT2D eigenvalue weighted by molar-refractivity contribution is 6.30. The van der Waals surface area contributed by atoms with Crippen molar-refractivity contribution < 1.29 is 4.79 Å². The topological polar surface area (TPSA) is 44.9 Å². The number of H-pyrrole nitrogens is 1. The third-order valence-corrected chi connectivity index (χ3v) is 5.57. The Balaban J connectivity index is 1.60. The summed E-state index contributed by atoms with van der Waals surface area (Å²) >= 11 is 6.01. The largest absolute Gasteiger partial charge is 0.360 e. The molecule has 0 aliphatic carbocycles. The maximum Gasteiger partial charge on any atom is 0.186 e. The summed E-state index contributed by atoms with van der Waals surface area (Å²) in [6.45, 7) is 2.82. The molecule has 0 fully saturated rings. The molecule has 0 aliphatic heterocycles. The van der Waals surface area contributed by atoms with E-state index < -0.39 is 6.04 Å². The van der Waals surface area contributed by atoms with E-state index in [-0.39, 0.29) is 11.7 Å². The highest BCUT2D eigenvalue weighted by Crippen LogP contribution is 2.26. The molecule has 0 radical (unpaired) electrons. The number of nitrogens with one attached hydrogen (secondary N) is 2. The van der Waals surface area contributed by atoms with Gasteiger partial charge in [-0.1, -0.05) is 79.2 Å². The van der Waals surface area contributed by atoms with Gasteiger partial charge < -0.3 is 10.3 Å². The minimum Gasteiger partial charge on any atom is -0.360 e. The van der Waals surface area contributed by atoms with Crippen LogP contribution in [-0.2, 0) is 0 Å². The number of aromatic nitrogens is 1. The predicted octanol–water partition coefficient (Wildman–Crippen LogP) is 6.14. The summed E-state index contributed by atoms with van der Waals surface area (Å²) < 4.78 is 0. The molecular formula is C25H23ClN2O. The zero-order valence-electron chi connectivity index (χ0n) is 16.2. The molecule has 29 heavy (non-hydrogen) atoms. The molecular weight excluding hydrogens is 380 g/mol. The van der Waals surface area contributed by atoms with Crippen LogP contribution in [0, 0.1) is 0 Å². The van der Waals surface area contributed by atoms with E-state index in [1.54, 1.807) is 0 Å². The van der Waals surface area contributed by atoms with Crippen molar-refractivity contribution >= 4 is 28.3 Å². The van der Waals surface area contributed by atoms with Gasteiger partial charge in [-0.05, 0) is 35.2 Å². The van der Waals surface area contributed by atoms with E-state index >= 15 is 0 Å². The van der Waals surface area contributed by atoms with Crippen LogP contribution >= 0.6 is 11.6 Å². The molecule has 4 rings (SSSR count). The van der Waals surface area contributed by atoms with Gasteiger partial charge in [-0.3, -0.25) is 4.79 Å². The standard InChI is InChI=1S/C25H23ClN2O/c1-17(18-11-13-20(26)14-12-18)15-28-24(19-7-3-2-4-8-19)25(29)22-16-27-23-10-6-5-9-21(22)23/h2-14,16-17,24,27-28H,15H2,1H3/t17?,24-/m0/s1. The fourth-order valence-corrected chi connectivity index (χ4v) is 3.77. The van der Waals surface area contributed by atoms with Crippen LogP contribution in [0.4, 0.5) is 0 Å². The molecule has 3 aromatic carbocycles. The number of para-hydroxylation sites is 1. The second-order valence-corrected chi connectivity index (χ2v) is 7.75. The van der Waals surface area contributed by atoms with Crippen molar-refractivity contribution in [2.24, 2.45) is 0 Å². The summed E-state index contributed by atoms with van der Waals surface area (Å²) in [5.41, 5.74) is 3.83. The third-order valence-electron chi connectivity index (χ3n) is 5.32. The number of rotatable bonds is 7. The van der Waals surface area contributed by atoms with Gasteiger partial charge in [-0.2, -0.15) is 0 Å². The van der Waals surface area contributed by atoms with E-state index in [2.05, 4.69) is 17.2 Å². The lowest BCUT2D eigenvalue weighted by Gasteiger charge is -2.21. The van der Waals surface area contributed by atoms with Gasteiger partial charge in [-0.15, -0.1) is 0 Å². The van der Waals surface area contributed by atoms with Gasteiger partial charge in [0.15, 0.2) is 5.78 Å². The zero-order valence-corrected chi connectivity index (χ0v) is 17.0. The first kappa shape index (κ1) is 19.4. The van der Waals surface area contributed by atoms with Gasteiger partial charge in [0.1, 0.15) is 0 Å². The SMILES string of the molecule is CC(CN[C@H](C(=O)c1c[nH]c2ccccc12)c1ccccc1)c1ccc(Cl)cc1. The van der Waals surface area contributed by atoms with Crippen LogP contribution in [0.5, 0.6) is 0 Å². The zero-order chi connectivity index (χ0) is 20.2. The summed E-state index contributed by atoms with van der Waals surface area (Å²) in [6.07, 6.45) is 1.81. The maximum atomic E-state index is 13.5. The third kappa shape index (κ3) is 4.26. The van der Waals surface area contributed by atoms with Crippen molar-refractivity contribution in [3.8, 4) is 0 Å². The van der Waals surface area contributed by atoms with Gasteiger partial charge in [0.25, 0.3) is 0 Å². The van der Waals surface area contributed by atoms with Crippen molar-refractivity contribution in [1.82, 2.24) is 10.3 Å². The van der Waals surface area contributed by atoms with E-state index in [0.717, 1.165) is 21.5 Å². The first-order valence-corrected chi connectivity index (χ1v) is 10.2. The number of halogens is 1. The molecule has 3 nitrogen and oxygen atoms in total. The monoisotopic (exact) mass is 402 g/mol. The Bertz CT molecular complexity index is 1100. The van der Waals surface area contributed by atoms with Crippen molar-refractivity contribution in [2.45, 2.75) is 18.9 Å². The molecule has 146 valence electrons. The smallest absolute Gasteiger partial charge is 0.186 e. The molecule has 0 aliphatic rings. The Labute approximate surface area is 175 Å². The van der Waals surface area contributed by atoms with Crippen molar-refractivity contribution in [3.05, 3.63) is 107 Å². The summed E-state index contributed by atoms with van der Waals surface area (Å²) in [5, 5.41) is 5.18. The van der Waals surface area contributed by atoms with Crippen LogP contribution in [0.1, 0.15) is 40.4 Å². The second-order valence-electron chi connectivity index (χ2n) is 7.32. The number of hydrogen-bond acceptors (Lipinski definition) is 2. The van der Waals surface area contributed by atoms with Crippen LogP contribution in [-0.4, -0.2) is 17.3 Å². The Kier molecular flexibility index (Phi) is 5.79. The average Bonchev–Trinajstić information content (AvgIpc) is 3.19. The minimum atomic E-state index is -0.412. The first-order chi connectivity index (χ1) is 14.1. The fraction of sp³-hybridized carbons (Fsp3) is 0.160. The van der Waals surface area contributed by atoms with Gasteiger partial charge in [0.2, 0.25) is 0 Å². The second kappa shape index (κ2) is 8.64. The molecule has 0 saturated heterocycles. The van der Waals surface area contributed by atoms with Crippen molar-refractivity contribution in [1.29, 1.82) is 0 Å². The number of benzene rings is 3. The number of fused-ring (bicyclic) bond motifs is 1. The van der Waals surface area contributed by atoms with Crippen molar-refractivity contribution in [3.63, 3.8) is 0 Å². The van der Waals surface area contributed by atoms with Gasteiger partial charge in [0.05, 0.1) is 6.04 Å². The van der Waals surface area contributed by atoms with E-state index in [1.165, 1.54) is 5.56 Å². The Morgan fingerprint density at radius 2 is 1.62 bits per heavy atom. The van der Waals surface area contributed by atoms with E-state index in [9.17, 15) is 4.79 Å². The minimum absolute atomic E-state index is 0.0666. The summed E-state index contributed by atoms with van der Waals surface area (Å²) in [6, 6.07) is 25.3. The fourth-order valence-electron chi connectivity index (χ4n) is 3.64. The Morgan fingerprint density at radius 3 is 2.38 bits per heavy atom. The van der Waals surface area contributed by atoms with Crippen LogP contribution in [0.25, 0.3) is 10.9 Å². The number of hydrogen-bond donors (Lipinski definition) is 2. The number of carbonyl (C=O) groups is 1. The lowest BCUT2D eigenvalue weighted by atomic mass is 9.95. The summed E-state index contributed by atoms with van der Waals surface area (Å²) in [7, 11) is 0. The van der Waals surface area contributed by atoms with Crippen LogP contribution in [0.15, 0.2) is 85.1 Å². The number of carbonyl (C=O) groups excluding carboxylic acids is 1. The molecule has 0 amide bonds. The van der Waals surface area contributed by atoms with E-state index in [1.807, 2.05) is 85.1 Å². The molecule has 1 aromatic heterocycles. The number of aromatic amines is 1. The van der Waals surface area contributed by atoms with E-state index in [0.29, 0.717) is 12.1 Å². The molecule has 0 bridgehead atoms. The molecule has 2 atom stereocenters. The van der Waals surface area contributed by atoms with Crippen molar-refractivity contribution in [2.75, 3.05) is 6.54 Å².